The van der Waals surface area contributed by atoms with E-state index < -0.39 is 0 Å². The van der Waals surface area contributed by atoms with E-state index in [1.54, 1.807) is 0 Å². The van der Waals surface area contributed by atoms with Crippen LogP contribution in [0.5, 0.6) is 5.75 Å². The van der Waals surface area contributed by atoms with E-state index in [1.165, 1.54) is 11.1 Å². The first-order chi connectivity index (χ1) is 10.8. The van der Waals surface area contributed by atoms with Crippen LogP contribution in [0.15, 0.2) is 54.6 Å². The lowest BCUT2D eigenvalue weighted by atomic mass is 10.1. The molecule has 2 N–H and O–H groups in total. The minimum absolute atomic E-state index is 0.361. The van der Waals surface area contributed by atoms with Gasteiger partial charge in [-0.25, -0.2) is 0 Å². The number of ether oxygens (including phenoxy) is 1. The van der Waals surface area contributed by atoms with Gasteiger partial charge in [-0.15, -0.1) is 0 Å². The van der Waals surface area contributed by atoms with Crippen LogP contribution in [0.25, 0.3) is 0 Å². The Labute approximate surface area is 133 Å². The Morgan fingerprint density at radius 2 is 1.68 bits per heavy atom. The van der Waals surface area contributed by atoms with Crippen molar-refractivity contribution in [2.45, 2.75) is 26.0 Å². The first kappa shape index (κ1) is 16.5. The van der Waals surface area contributed by atoms with Crippen molar-refractivity contribution in [3.63, 3.8) is 0 Å². The number of rotatable bonds is 9. The second-order valence-electron chi connectivity index (χ2n) is 5.48. The highest BCUT2D eigenvalue weighted by Gasteiger charge is 2.04. The van der Waals surface area contributed by atoms with Gasteiger partial charge in [-0.1, -0.05) is 42.5 Å². The van der Waals surface area contributed by atoms with E-state index in [2.05, 4.69) is 41.8 Å². The number of nitrogens with one attached hydrogen (secondary N) is 2. The monoisotopic (exact) mass is 298 g/mol. The van der Waals surface area contributed by atoms with Crippen LogP contribution in [0, 0.1) is 0 Å². The van der Waals surface area contributed by atoms with Crippen molar-refractivity contribution in [3.05, 3.63) is 65.7 Å². The average molecular weight is 298 g/mol. The molecule has 2 aromatic carbocycles. The van der Waals surface area contributed by atoms with E-state index in [4.69, 9.17) is 4.74 Å². The van der Waals surface area contributed by atoms with Gasteiger partial charge in [0.2, 0.25) is 0 Å². The van der Waals surface area contributed by atoms with Crippen LogP contribution in [0.1, 0.15) is 30.5 Å². The van der Waals surface area contributed by atoms with Crippen molar-refractivity contribution in [1.29, 1.82) is 0 Å². The third-order valence-electron chi connectivity index (χ3n) is 3.68. The molecule has 22 heavy (non-hydrogen) atoms. The minimum atomic E-state index is 0.361. The van der Waals surface area contributed by atoms with Crippen molar-refractivity contribution in [2.24, 2.45) is 0 Å². The molecule has 0 aromatic heterocycles. The van der Waals surface area contributed by atoms with Crippen LogP contribution in [0.3, 0.4) is 0 Å². The number of hydrogen-bond acceptors (Lipinski definition) is 3. The quantitative estimate of drug-likeness (QED) is 0.695. The van der Waals surface area contributed by atoms with Crippen LogP contribution in [-0.4, -0.2) is 20.1 Å². The Kier molecular flexibility index (Phi) is 6.94. The molecule has 118 valence electrons. The van der Waals surface area contributed by atoms with Crippen LogP contribution in [0.2, 0.25) is 0 Å². The fourth-order valence-electron chi connectivity index (χ4n) is 2.30. The molecule has 3 heteroatoms. The van der Waals surface area contributed by atoms with Crippen molar-refractivity contribution in [3.8, 4) is 5.75 Å². The van der Waals surface area contributed by atoms with Gasteiger partial charge in [0.1, 0.15) is 12.4 Å². The maximum absolute atomic E-state index is 5.81. The van der Waals surface area contributed by atoms with Crippen LogP contribution in [0.4, 0.5) is 0 Å². The second kappa shape index (κ2) is 9.23. The SMILES string of the molecule is CNCCCNC(C)c1ccc(OCc2ccccc2)cc1. The van der Waals surface area contributed by atoms with E-state index in [0.717, 1.165) is 25.3 Å². The van der Waals surface area contributed by atoms with E-state index >= 15 is 0 Å². The summed E-state index contributed by atoms with van der Waals surface area (Å²) >= 11 is 0. The Hall–Kier alpha value is -1.84. The zero-order valence-electron chi connectivity index (χ0n) is 13.5. The summed E-state index contributed by atoms with van der Waals surface area (Å²) in [7, 11) is 1.98. The molecule has 0 saturated heterocycles. The first-order valence-corrected chi connectivity index (χ1v) is 7.94. The van der Waals surface area contributed by atoms with Gasteiger partial charge in [-0.3, -0.25) is 0 Å². The molecule has 0 heterocycles. The molecule has 1 unspecified atom stereocenters. The fourth-order valence-corrected chi connectivity index (χ4v) is 2.30. The van der Waals surface area contributed by atoms with Gasteiger partial charge in [0.05, 0.1) is 0 Å². The standard InChI is InChI=1S/C19H26N2O/c1-16(21-14-6-13-20-2)18-9-11-19(12-10-18)22-15-17-7-4-3-5-8-17/h3-5,7-12,16,20-21H,6,13-15H2,1-2H3. The zero-order chi connectivity index (χ0) is 15.6. The molecule has 0 radical (unpaired) electrons. The van der Waals surface area contributed by atoms with Gasteiger partial charge in [-0.2, -0.15) is 0 Å². The van der Waals surface area contributed by atoms with Gasteiger partial charge in [-0.05, 0) is 56.7 Å². The van der Waals surface area contributed by atoms with Crippen molar-refractivity contribution in [1.82, 2.24) is 10.6 Å². The Morgan fingerprint density at radius 1 is 0.955 bits per heavy atom. The average Bonchev–Trinajstić information content (AvgIpc) is 2.58. The van der Waals surface area contributed by atoms with Crippen molar-refractivity contribution in [2.75, 3.05) is 20.1 Å². The third-order valence-corrected chi connectivity index (χ3v) is 3.68. The molecule has 0 amide bonds. The lowest BCUT2D eigenvalue weighted by molar-refractivity contribution is 0.306. The number of benzene rings is 2. The summed E-state index contributed by atoms with van der Waals surface area (Å²) in [6.07, 6.45) is 1.14. The molecule has 2 rings (SSSR count). The topological polar surface area (TPSA) is 33.3 Å². The largest absolute Gasteiger partial charge is 0.489 e. The Morgan fingerprint density at radius 3 is 2.36 bits per heavy atom. The smallest absolute Gasteiger partial charge is 0.119 e. The lowest BCUT2D eigenvalue weighted by Gasteiger charge is -2.15. The molecule has 0 aliphatic carbocycles. The zero-order valence-corrected chi connectivity index (χ0v) is 13.5. The highest BCUT2D eigenvalue weighted by atomic mass is 16.5. The first-order valence-electron chi connectivity index (χ1n) is 7.94. The second-order valence-corrected chi connectivity index (χ2v) is 5.48. The van der Waals surface area contributed by atoms with Gasteiger partial charge in [0.15, 0.2) is 0 Å². The summed E-state index contributed by atoms with van der Waals surface area (Å²) in [5.74, 6) is 0.912. The van der Waals surface area contributed by atoms with Gasteiger partial charge in [0.25, 0.3) is 0 Å². The fraction of sp³-hybridized carbons (Fsp3) is 0.368. The van der Waals surface area contributed by atoms with Crippen LogP contribution < -0.4 is 15.4 Å². The maximum Gasteiger partial charge on any atom is 0.119 e. The number of hydrogen-bond donors (Lipinski definition) is 2. The Balaban J connectivity index is 1.79. The van der Waals surface area contributed by atoms with Gasteiger partial charge < -0.3 is 15.4 Å². The predicted octanol–water partition coefficient (Wildman–Crippen LogP) is 3.53. The van der Waals surface area contributed by atoms with Crippen molar-refractivity contribution < 1.29 is 4.74 Å². The molecule has 3 nitrogen and oxygen atoms in total. The minimum Gasteiger partial charge on any atom is -0.489 e. The molecular weight excluding hydrogens is 272 g/mol. The molecule has 0 aliphatic heterocycles. The van der Waals surface area contributed by atoms with Crippen molar-refractivity contribution >= 4 is 0 Å². The highest BCUT2D eigenvalue weighted by Crippen LogP contribution is 2.18. The van der Waals surface area contributed by atoms with E-state index in [1.807, 2.05) is 37.4 Å². The summed E-state index contributed by atoms with van der Waals surface area (Å²) in [5.41, 5.74) is 2.47. The molecule has 0 aliphatic rings. The lowest BCUT2D eigenvalue weighted by Crippen LogP contribution is -2.22. The van der Waals surface area contributed by atoms with Gasteiger partial charge >= 0.3 is 0 Å². The normalized spacial score (nSPS) is 12.1. The van der Waals surface area contributed by atoms with E-state index in [9.17, 15) is 0 Å². The molecular formula is C19H26N2O. The Bertz CT molecular complexity index is 525. The predicted molar refractivity (Wildman–Crippen MR) is 92.2 cm³/mol. The summed E-state index contributed by atoms with van der Waals surface area (Å²) in [4.78, 5) is 0. The molecule has 1 atom stereocenters. The van der Waals surface area contributed by atoms with Crippen LogP contribution >= 0.6 is 0 Å². The summed E-state index contributed by atoms with van der Waals surface area (Å²) < 4.78 is 5.81. The summed E-state index contributed by atoms with van der Waals surface area (Å²) in [6, 6.07) is 19.0. The summed E-state index contributed by atoms with van der Waals surface area (Å²) in [5, 5.41) is 6.69. The molecule has 0 spiro atoms. The third kappa shape index (κ3) is 5.51. The van der Waals surface area contributed by atoms with E-state index in [0.29, 0.717) is 12.6 Å². The molecule has 2 aromatic rings. The van der Waals surface area contributed by atoms with Crippen LogP contribution in [-0.2, 0) is 6.61 Å². The maximum atomic E-state index is 5.81. The highest BCUT2D eigenvalue weighted by molar-refractivity contribution is 5.29. The molecule has 0 bridgehead atoms. The van der Waals surface area contributed by atoms with Gasteiger partial charge in [0, 0.05) is 6.04 Å². The molecule has 0 fully saturated rings. The molecule has 0 saturated carbocycles. The van der Waals surface area contributed by atoms with E-state index in [-0.39, 0.29) is 0 Å². The summed E-state index contributed by atoms with van der Waals surface area (Å²) in [6.45, 7) is 4.87.